The van der Waals surface area contributed by atoms with Crippen LogP contribution in [0.25, 0.3) is 0 Å². The number of amides is 2. The van der Waals surface area contributed by atoms with Crippen molar-refractivity contribution < 1.29 is 37.2 Å². The van der Waals surface area contributed by atoms with Gasteiger partial charge >= 0.3 is 12.1 Å². The van der Waals surface area contributed by atoms with Gasteiger partial charge in [-0.25, -0.2) is 0 Å². The average Bonchev–Trinajstić information content (AvgIpc) is 3.38. The van der Waals surface area contributed by atoms with Crippen LogP contribution in [0.3, 0.4) is 0 Å². The largest absolute Gasteiger partial charge is 0.466 e. The Morgan fingerprint density at radius 2 is 1.70 bits per heavy atom. The van der Waals surface area contributed by atoms with Gasteiger partial charge in [0, 0.05) is 43.2 Å². The maximum Gasteiger partial charge on any atom is 0.404 e. The second kappa shape index (κ2) is 7.75. The van der Waals surface area contributed by atoms with Crippen LogP contribution in [0.15, 0.2) is 42.5 Å². The van der Waals surface area contributed by atoms with Crippen molar-refractivity contribution in [2.45, 2.75) is 30.1 Å². The Morgan fingerprint density at radius 3 is 2.32 bits per heavy atom. The van der Waals surface area contributed by atoms with Gasteiger partial charge in [0.15, 0.2) is 0 Å². The minimum atomic E-state index is -5.10. The SMILES string of the molecule is CCOC(=O)[C@H]1[C@H](C(F)(F)F)N[C@@]2(C(=O)N(C)c3ccc([N+](=O)[O-])cc32)[C@]12C(=O)N(C)c1ccccc12. The van der Waals surface area contributed by atoms with Crippen LogP contribution in [0.5, 0.6) is 0 Å². The number of anilines is 2. The molecule has 4 atom stereocenters. The molecule has 0 unspecified atom stereocenters. The zero-order valence-electron chi connectivity index (χ0n) is 19.8. The number of esters is 1. The Morgan fingerprint density at radius 1 is 1.08 bits per heavy atom. The number of hydrogen-bond acceptors (Lipinski definition) is 7. The number of halogens is 3. The van der Waals surface area contributed by atoms with Crippen molar-refractivity contribution in [1.29, 1.82) is 0 Å². The number of rotatable bonds is 3. The lowest BCUT2D eigenvalue weighted by molar-refractivity contribution is -0.384. The van der Waals surface area contributed by atoms with Crippen molar-refractivity contribution in [3.63, 3.8) is 0 Å². The molecule has 194 valence electrons. The van der Waals surface area contributed by atoms with E-state index in [0.29, 0.717) is 0 Å². The zero-order chi connectivity index (χ0) is 27.1. The molecule has 2 amide bonds. The summed E-state index contributed by atoms with van der Waals surface area (Å²) in [5, 5.41) is 14.0. The normalized spacial score (nSPS) is 28.3. The Kier molecular flexibility index (Phi) is 5.17. The van der Waals surface area contributed by atoms with Gasteiger partial charge in [-0.15, -0.1) is 0 Å². The quantitative estimate of drug-likeness (QED) is 0.376. The zero-order valence-corrected chi connectivity index (χ0v) is 19.8. The molecule has 10 nitrogen and oxygen atoms in total. The van der Waals surface area contributed by atoms with Crippen molar-refractivity contribution in [2.24, 2.45) is 5.92 Å². The summed E-state index contributed by atoms with van der Waals surface area (Å²) in [6, 6.07) is 6.61. The van der Waals surface area contributed by atoms with Crippen LogP contribution >= 0.6 is 0 Å². The number of likely N-dealkylation sites (N-methyl/N-ethyl adjacent to an activating group) is 2. The molecule has 37 heavy (non-hydrogen) atoms. The Bertz CT molecular complexity index is 1380. The van der Waals surface area contributed by atoms with E-state index in [-0.39, 0.29) is 29.1 Å². The predicted molar refractivity (Wildman–Crippen MR) is 123 cm³/mol. The van der Waals surface area contributed by atoms with Gasteiger partial charge in [0.1, 0.15) is 22.9 Å². The molecule has 0 saturated carbocycles. The minimum Gasteiger partial charge on any atom is -0.466 e. The van der Waals surface area contributed by atoms with Crippen molar-refractivity contribution in [2.75, 3.05) is 30.5 Å². The summed E-state index contributed by atoms with van der Waals surface area (Å²) in [6.07, 6.45) is -5.10. The van der Waals surface area contributed by atoms with Crippen LogP contribution in [0.4, 0.5) is 30.2 Å². The molecule has 1 saturated heterocycles. The lowest BCUT2D eigenvalue weighted by atomic mass is 9.58. The molecule has 0 aliphatic carbocycles. The molecule has 3 heterocycles. The van der Waals surface area contributed by atoms with Crippen molar-refractivity contribution in [3.05, 3.63) is 63.7 Å². The molecule has 0 bridgehead atoms. The first-order valence-electron chi connectivity index (χ1n) is 11.3. The fourth-order valence-electron chi connectivity index (χ4n) is 6.21. The van der Waals surface area contributed by atoms with Gasteiger partial charge in [-0.1, -0.05) is 18.2 Å². The number of nitro benzene ring substituents is 1. The number of alkyl halides is 3. The van der Waals surface area contributed by atoms with E-state index in [1.807, 2.05) is 0 Å². The number of para-hydroxylation sites is 1. The maximum absolute atomic E-state index is 14.7. The number of carbonyl (C=O) groups excluding carboxylic acids is 3. The molecule has 1 N–H and O–H groups in total. The summed E-state index contributed by atoms with van der Waals surface area (Å²) >= 11 is 0. The molecule has 5 rings (SSSR count). The molecule has 2 aromatic carbocycles. The van der Waals surface area contributed by atoms with Gasteiger partial charge in [-0.05, 0) is 24.6 Å². The lowest BCUT2D eigenvalue weighted by Gasteiger charge is -2.40. The van der Waals surface area contributed by atoms with Gasteiger partial charge in [0.05, 0.1) is 11.5 Å². The van der Waals surface area contributed by atoms with Crippen molar-refractivity contribution in [1.82, 2.24) is 5.32 Å². The smallest absolute Gasteiger partial charge is 0.404 e. The first kappa shape index (κ1) is 24.7. The molecule has 3 aliphatic heterocycles. The van der Waals surface area contributed by atoms with Gasteiger partial charge in [-0.3, -0.25) is 29.8 Å². The summed E-state index contributed by atoms with van der Waals surface area (Å²) in [5.41, 5.74) is -5.36. The monoisotopic (exact) mass is 518 g/mol. The molecular weight excluding hydrogens is 497 g/mol. The van der Waals surface area contributed by atoms with Crippen LogP contribution in [-0.4, -0.2) is 55.6 Å². The predicted octanol–water partition coefficient (Wildman–Crippen LogP) is 2.39. The van der Waals surface area contributed by atoms with Crippen molar-refractivity contribution in [3.8, 4) is 0 Å². The van der Waals surface area contributed by atoms with Crippen molar-refractivity contribution >= 4 is 34.8 Å². The van der Waals surface area contributed by atoms with E-state index in [4.69, 9.17) is 4.74 Å². The van der Waals surface area contributed by atoms with Gasteiger partial charge in [0.2, 0.25) is 5.91 Å². The Balaban J connectivity index is 1.97. The molecule has 2 spiro atoms. The third-order valence-corrected chi connectivity index (χ3v) is 7.57. The van der Waals surface area contributed by atoms with E-state index in [0.717, 1.165) is 21.9 Å². The highest BCUT2D eigenvalue weighted by atomic mass is 19.4. The van der Waals surface area contributed by atoms with Gasteiger partial charge in [-0.2, -0.15) is 13.2 Å². The minimum absolute atomic E-state index is 0.0147. The first-order valence-corrected chi connectivity index (χ1v) is 11.3. The molecule has 0 aromatic heterocycles. The van der Waals surface area contributed by atoms with Gasteiger partial charge in [0.25, 0.3) is 11.6 Å². The number of carbonyl (C=O) groups is 3. The Hall–Kier alpha value is -4.00. The summed E-state index contributed by atoms with van der Waals surface area (Å²) in [5.74, 6) is -5.43. The second-order valence-corrected chi connectivity index (χ2v) is 9.16. The van der Waals surface area contributed by atoms with E-state index in [2.05, 4.69) is 5.32 Å². The number of benzene rings is 2. The molecule has 2 aromatic rings. The third kappa shape index (κ3) is 2.82. The topological polar surface area (TPSA) is 122 Å². The number of non-ortho nitro benzene ring substituents is 1. The van der Waals surface area contributed by atoms with Crippen LogP contribution in [0.1, 0.15) is 18.1 Å². The number of hydrogen-bond donors (Lipinski definition) is 1. The molecule has 3 aliphatic rings. The number of ether oxygens (including phenoxy) is 1. The summed E-state index contributed by atoms with van der Waals surface area (Å²) in [4.78, 5) is 54.7. The standard InChI is InChI=1S/C24H21F3N4O6/c1-4-37-19(32)17-18(24(25,26)27)28-23(22(17)13-7-5-6-8-15(13)29(2)20(22)33)14-11-12(31(35)36)9-10-16(14)30(3)21(23)34/h5-11,17-18,28H,4H2,1-3H3/t17-,18-,22+,23+/m1/s1. The van der Waals surface area contributed by atoms with E-state index < -0.39 is 57.5 Å². The highest BCUT2D eigenvalue weighted by Crippen LogP contribution is 2.65. The molecule has 1 fully saturated rings. The fraction of sp³-hybridized carbons (Fsp3) is 0.375. The van der Waals surface area contributed by atoms with Gasteiger partial charge < -0.3 is 14.5 Å². The van der Waals surface area contributed by atoms with E-state index >= 15 is 0 Å². The number of nitrogens with zero attached hydrogens (tertiary/aromatic N) is 3. The molecular formula is C24H21F3N4O6. The van der Waals surface area contributed by atoms with Crippen LogP contribution in [0, 0.1) is 16.0 Å². The van der Waals surface area contributed by atoms with E-state index in [1.165, 1.54) is 45.3 Å². The number of fused-ring (bicyclic) bond motifs is 5. The van der Waals surface area contributed by atoms with E-state index in [9.17, 15) is 37.7 Å². The maximum atomic E-state index is 14.7. The lowest BCUT2D eigenvalue weighted by Crippen LogP contribution is -2.63. The second-order valence-electron chi connectivity index (χ2n) is 9.16. The number of nitrogens with one attached hydrogen (secondary N) is 1. The fourth-order valence-corrected chi connectivity index (χ4v) is 6.21. The van der Waals surface area contributed by atoms with Crippen LogP contribution in [-0.2, 0) is 30.1 Å². The first-order chi connectivity index (χ1) is 17.4. The molecule has 0 radical (unpaired) electrons. The van der Waals surface area contributed by atoms with Crippen LogP contribution in [0.2, 0.25) is 0 Å². The average molecular weight is 518 g/mol. The highest BCUT2D eigenvalue weighted by Gasteiger charge is 2.82. The Labute approximate surface area is 208 Å². The third-order valence-electron chi connectivity index (χ3n) is 7.57. The summed E-state index contributed by atoms with van der Waals surface area (Å²) in [6.45, 7) is 1.14. The summed E-state index contributed by atoms with van der Waals surface area (Å²) < 4.78 is 49.1. The number of nitro groups is 1. The van der Waals surface area contributed by atoms with E-state index in [1.54, 1.807) is 6.07 Å². The summed E-state index contributed by atoms with van der Waals surface area (Å²) in [7, 11) is 2.64. The van der Waals surface area contributed by atoms with Crippen LogP contribution < -0.4 is 15.1 Å². The highest BCUT2D eigenvalue weighted by molar-refractivity contribution is 6.20. The molecule has 13 heteroatoms.